The maximum Gasteiger partial charge on any atom is 1.00 e. The summed E-state index contributed by atoms with van der Waals surface area (Å²) in [4.78, 5) is 27.2. The molecule has 0 aliphatic heterocycles. The molecule has 46 heavy (non-hydrogen) atoms. The van der Waals surface area contributed by atoms with E-state index in [1.54, 1.807) is 13.8 Å². The molecule has 1 aliphatic rings. The van der Waals surface area contributed by atoms with Gasteiger partial charge >= 0.3 is 59.1 Å². The number of anilines is 4. The van der Waals surface area contributed by atoms with Crippen molar-refractivity contribution >= 4 is 77.8 Å². The van der Waals surface area contributed by atoms with Crippen LogP contribution in [0.2, 0.25) is 10.0 Å². The molecule has 0 saturated heterocycles. The molecule has 0 spiro atoms. The molecule has 0 heterocycles. The average Bonchev–Trinajstić information content (AvgIpc) is 2.91. The van der Waals surface area contributed by atoms with Crippen LogP contribution in [0.4, 0.5) is 22.7 Å². The Labute approximate surface area is 320 Å². The quantitative estimate of drug-likeness (QED) is 0.184. The Bertz CT molecular complexity index is 2040. The minimum absolute atomic E-state index is 0. The number of benzene rings is 4. The van der Waals surface area contributed by atoms with Crippen LogP contribution in [0, 0.1) is 27.7 Å². The molecule has 228 valence electrons. The third-order valence-electron chi connectivity index (χ3n) is 7.51. The number of hydrogen-bond donors (Lipinski definition) is 2. The Morgan fingerprint density at radius 3 is 1.22 bits per heavy atom. The molecule has 4 aromatic rings. The van der Waals surface area contributed by atoms with Crippen LogP contribution in [0.15, 0.2) is 58.3 Å². The van der Waals surface area contributed by atoms with E-state index in [9.17, 15) is 35.5 Å². The molecule has 0 aromatic heterocycles. The molecule has 16 heteroatoms. The maximum atomic E-state index is 14.1. The molecule has 1 aliphatic carbocycles. The van der Waals surface area contributed by atoms with E-state index in [0.29, 0.717) is 11.1 Å². The van der Waals surface area contributed by atoms with Gasteiger partial charge < -0.3 is 19.7 Å². The van der Waals surface area contributed by atoms with E-state index in [0.717, 1.165) is 0 Å². The van der Waals surface area contributed by atoms with E-state index in [1.807, 2.05) is 0 Å². The summed E-state index contributed by atoms with van der Waals surface area (Å²) in [6, 6.07) is 10.8. The van der Waals surface area contributed by atoms with Gasteiger partial charge in [-0.25, -0.2) is 16.8 Å². The predicted molar refractivity (Wildman–Crippen MR) is 164 cm³/mol. The molecule has 10 nitrogen and oxygen atoms in total. The Morgan fingerprint density at radius 2 is 0.913 bits per heavy atom. The smallest absolute Gasteiger partial charge is 0.744 e. The largest absolute Gasteiger partial charge is 1.00 e. The number of nitrogens with one attached hydrogen (secondary N) is 2. The summed E-state index contributed by atoms with van der Waals surface area (Å²) in [5.74, 6) is -1.21. The van der Waals surface area contributed by atoms with Crippen LogP contribution in [-0.4, -0.2) is 37.5 Å². The topological polar surface area (TPSA) is 173 Å². The van der Waals surface area contributed by atoms with Crippen molar-refractivity contribution in [1.82, 2.24) is 0 Å². The number of carbonyl (C=O) groups excluding carboxylic acids is 2. The maximum absolute atomic E-state index is 14.1. The number of halogens is 2. The Balaban J connectivity index is 0.00000288. The second kappa shape index (κ2) is 14.0. The number of carbonyl (C=O) groups is 2. The van der Waals surface area contributed by atoms with Crippen molar-refractivity contribution in [2.24, 2.45) is 0 Å². The Hall–Kier alpha value is -1.78. The Kier molecular flexibility index (Phi) is 11.8. The molecule has 0 amide bonds. The fourth-order valence-electron chi connectivity index (χ4n) is 5.33. The van der Waals surface area contributed by atoms with Gasteiger partial charge in [0.05, 0.1) is 42.3 Å². The van der Waals surface area contributed by atoms with Crippen LogP contribution < -0.4 is 69.7 Å². The second-order valence-corrected chi connectivity index (χ2v) is 13.8. The van der Waals surface area contributed by atoms with Crippen molar-refractivity contribution in [3.05, 3.63) is 103 Å². The minimum Gasteiger partial charge on any atom is -0.744 e. The molecule has 5 rings (SSSR count). The Morgan fingerprint density at radius 1 is 0.587 bits per heavy atom. The van der Waals surface area contributed by atoms with Crippen LogP contribution in [0.25, 0.3) is 0 Å². The van der Waals surface area contributed by atoms with Crippen LogP contribution in [0.5, 0.6) is 0 Å². The summed E-state index contributed by atoms with van der Waals surface area (Å²) in [7, 11) is -9.66. The molecule has 0 saturated carbocycles. The number of aryl methyl sites for hydroxylation is 2. The molecular formula is C30H22Cl2N2Na2O8S2. The zero-order chi connectivity index (χ0) is 32.5. The molecular weight excluding hydrogens is 697 g/mol. The first kappa shape index (κ1) is 38.7. The van der Waals surface area contributed by atoms with E-state index in [-0.39, 0.29) is 125 Å². The predicted octanol–water partition coefficient (Wildman–Crippen LogP) is 0.306. The van der Waals surface area contributed by atoms with E-state index >= 15 is 0 Å². The van der Waals surface area contributed by atoms with Gasteiger partial charge in [-0.2, -0.15) is 0 Å². The summed E-state index contributed by atoms with van der Waals surface area (Å²) in [5, 5.41) is 6.18. The van der Waals surface area contributed by atoms with E-state index in [1.165, 1.54) is 62.4 Å². The monoisotopic (exact) mass is 718 g/mol. The fourth-order valence-corrected chi connectivity index (χ4v) is 7.08. The van der Waals surface area contributed by atoms with Crippen molar-refractivity contribution in [3.63, 3.8) is 0 Å². The van der Waals surface area contributed by atoms with Gasteiger partial charge in [-0.3, -0.25) is 9.59 Å². The fraction of sp³-hybridized carbons (Fsp3) is 0.133. The molecule has 0 atom stereocenters. The SMILES string of the molecule is Cc1ccc(S(=O)(=O)[O-])c(C)c1Nc1ccc(Nc2c(C)ccc(S(=O)(=O)[O-])c2C)c2c1C(=O)c1cc(Cl)c(Cl)cc1C2=O.[Na+].[Na+]. The van der Waals surface area contributed by atoms with Crippen LogP contribution in [0.1, 0.15) is 54.1 Å². The number of rotatable bonds is 6. The summed E-state index contributed by atoms with van der Waals surface area (Å²) in [5.41, 5.74) is 1.83. The summed E-state index contributed by atoms with van der Waals surface area (Å²) < 4.78 is 71.3. The first-order valence-electron chi connectivity index (χ1n) is 12.8. The second-order valence-electron chi connectivity index (χ2n) is 10.3. The standard InChI is InChI=1S/C30H24Cl2N2O8S2.2Na/c1-13-5-9-23(43(37,38)39)15(3)27(13)33-21-7-8-22(34-28-14(2)6-10-24(16(28)4)44(40,41)42)26-25(21)29(35)17-11-19(31)20(32)12-18(17)30(26)36;;/h5-12,33-34H,1-4H3,(H,37,38,39)(H,40,41,42);;/q;2*+1/p-2. The number of fused-ring (bicyclic) bond motifs is 2. The third kappa shape index (κ3) is 7.00. The van der Waals surface area contributed by atoms with Gasteiger partial charge in [-0.1, -0.05) is 35.3 Å². The number of ketones is 2. The van der Waals surface area contributed by atoms with Gasteiger partial charge in [0.25, 0.3) is 0 Å². The molecule has 0 unspecified atom stereocenters. The average molecular weight is 720 g/mol. The molecule has 0 bridgehead atoms. The van der Waals surface area contributed by atoms with Gasteiger partial charge in [-0.05, 0) is 86.3 Å². The summed E-state index contributed by atoms with van der Waals surface area (Å²) in [6.07, 6.45) is 0. The molecule has 0 radical (unpaired) electrons. The third-order valence-corrected chi connectivity index (χ3v) is 10.2. The van der Waals surface area contributed by atoms with Crippen molar-refractivity contribution < 1.29 is 94.6 Å². The summed E-state index contributed by atoms with van der Waals surface area (Å²) in [6.45, 7) is 6.22. The van der Waals surface area contributed by atoms with Crippen molar-refractivity contribution in [3.8, 4) is 0 Å². The zero-order valence-corrected chi connectivity index (χ0v) is 32.6. The van der Waals surface area contributed by atoms with Crippen molar-refractivity contribution in [1.29, 1.82) is 0 Å². The van der Waals surface area contributed by atoms with E-state index in [2.05, 4.69) is 10.6 Å². The minimum atomic E-state index is -4.83. The van der Waals surface area contributed by atoms with Gasteiger partial charge in [0.15, 0.2) is 11.6 Å². The van der Waals surface area contributed by atoms with Crippen molar-refractivity contribution in [2.45, 2.75) is 37.5 Å². The van der Waals surface area contributed by atoms with Gasteiger partial charge in [0, 0.05) is 22.5 Å². The number of hydrogen-bond acceptors (Lipinski definition) is 10. The van der Waals surface area contributed by atoms with Gasteiger partial charge in [0.2, 0.25) is 0 Å². The van der Waals surface area contributed by atoms with Crippen LogP contribution in [-0.2, 0) is 20.2 Å². The van der Waals surface area contributed by atoms with Gasteiger partial charge in [0.1, 0.15) is 20.2 Å². The van der Waals surface area contributed by atoms with E-state index < -0.39 is 41.6 Å². The van der Waals surface area contributed by atoms with Crippen LogP contribution in [0.3, 0.4) is 0 Å². The van der Waals surface area contributed by atoms with Gasteiger partial charge in [-0.15, -0.1) is 0 Å². The molecule has 0 fully saturated rings. The first-order chi connectivity index (χ1) is 20.4. The summed E-state index contributed by atoms with van der Waals surface area (Å²) >= 11 is 12.4. The zero-order valence-electron chi connectivity index (χ0n) is 25.5. The normalized spacial score (nSPS) is 12.4. The van der Waals surface area contributed by atoms with E-state index in [4.69, 9.17) is 23.2 Å². The molecule has 4 aromatic carbocycles. The van der Waals surface area contributed by atoms with Crippen LogP contribution >= 0.6 is 23.2 Å². The first-order valence-corrected chi connectivity index (χ1v) is 16.4. The van der Waals surface area contributed by atoms with Crippen molar-refractivity contribution in [2.75, 3.05) is 10.6 Å². The molecule has 2 N–H and O–H groups in total.